The first kappa shape index (κ1) is 27.4. The third-order valence-corrected chi connectivity index (χ3v) is 7.25. The smallest absolute Gasteiger partial charge is 0.534 e. The van der Waals surface area contributed by atoms with Gasteiger partial charge in [-0.25, -0.2) is 8.42 Å². The summed E-state index contributed by atoms with van der Waals surface area (Å²) in [5, 5.41) is 0. The second kappa shape index (κ2) is 9.91. The summed E-state index contributed by atoms with van der Waals surface area (Å²) in [6.07, 6.45) is 0. The third kappa shape index (κ3) is 8.46. The quantitative estimate of drug-likeness (QED) is 0.167. The lowest BCUT2D eigenvalue weighted by Crippen LogP contribution is -3.61. The molecule has 15 heteroatoms. The van der Waals surface area contributed by atoms with E-state index in [0.717, 1.165) is 14.7 Å². The molecule has 174 valence electrons. The molecule has 0 aliphatic heterocycles. The van der Waals surface area contributed by atoms with E-state index in [-0.39, 0.29) is 5.75 Å². The minimum absolute atomic E-state index is 0.267. The molecule has 0 fully saturated rings. The summed E-state index contributed by atoms with van der Waals surface area (Å²) in [5.74, 6) is -0.267. The van der Waals surface area contributed by atoms with Crippen molar-refractivity contribution in [2.75, 3.05) is 0 Å². The van der Waals surface area contributed by atoms with E-state index in [2.05, 4.69) is 4.18 Å². The number of rotatable bonds is 4. The molecular formula is C16H13F6IO6S2. The number of benzene rings is 2. The molecule has 31 heavy (non-hydrogen) atoms. The van der Waals surface area contributed by atoms with Crippen molar-refractivity contribution in [1.82, 2.24) is 0 Å². The lowest BCUT2D eigenvalue weighted by atomic mass is 10.2. The maximum atomic E-state index is 12.5. The average molecular weight is 606 g/mol. The molecule has 6 nitrogen and oxygen atoms in total. The fourth-order valence-electron chi connectivity index (χ4n) is 1.85. The molecule has 0 aliphatic rings. The zero-order valence-corrected chi connectivity index (χ0v) is 19.2. The molecule has 0 aromatic heterocycles. The van der Waals surface area contributed by atoms with Crippen molar-refractivity contribution < 1.29 is 73.1 Å². The van der Waals surface area contributed by atoms with Gasteiger partial charge in [0.25, 0.3) is 0 Å². The number of para-hydroxylation sites is 1. The van der Waals surface area contributed by atoms with Gasteiger partial charge < -0.3 is 8.74 Å². The van der Waals surface area contributed by atoms with E-state index in [0.29, 0.717) is 3.57 Å². The van der Waals surface area contributed by atoms with E-state index in [1.54, 1.807) is 12.1 Å². The largest absolute Gasteiger partial charge is 0.741 e. The van der Waals surface area contributed by atoms with Crippen molar-refractivity contribution in [3.8, 4) is 5.75 Å². The Bertz CT molecular complexity index is 1110. The maximum absolute atomic E-state index is 12.5. The Morgan fingerprint density at radius 3 is 1.71 bits per heavy atom. The summed E-state index contributed by atoms with van der Waals surface area (Å²) >= 11 is -0.875. The van der Waals surface area contributed by atoms with Gasteiger partial charge in [0, 0.05) is 0 Å². The zero-order valence-electron chi connectivity index (χ0n) is 15.5. The average Bonchev–Trinajstić information content (AvgIpc) is 2.53. The minimum atomic E-state index is -6.09. The third-order valence-electron chi connectivity index (χ3n) is 3.00. The summed E-state index contributed by atoms with van der Waals surface area (Å²) in [5.41, 5.74) is -9.01. The number of hydrogen-bond acceptors (Lipinski definition) is 6. The van der Waals surface area contributed by atoms with Gasteiger partial charge in [-0.2, -0.15) is 34.8 Å². The number of halogens is 7. The van der Waals surface area contributed by atoms with Crippen molar-refractivity contribution in [2.24, 2.45) is 0 Å². The predicted octanol–water partition coefficient (Wildman–Crippen LogP) is 0.712. The molecule has 0 saturated carbocycles. The van der Waals surface area contributed by atoms with Crippen molar-refractivity contribution in [2.45, 2.75) is 24.9 Å². The summed E-state index contributed by atoms with van der Waals surface area (Å²) in [6, 6.07) is 11.8. The van der Waals surface area contributed by atoms with Crippen molar-refractivity contribution >= 4 is 20.2 Å². The van der Waals surface area contributed by atoms with Gasteiger partial charge in [-0.05, 0) is 49.2 Å². The second-order valence-corrected chi connectivity index (χ2v) is 11.6. The van der Waals surface area contributed by atoms with Crippen LogP contribution in [0.1, 0.15) is 11.1 Å². The molecule has 0 heterocycles. The van der Waals surface area contributed by atoms with Crippen LogP contribution in [0.4, 0.5) is 26.3 Å². The van der Waals surface area contributed by atoms with E-state index in [9.17, 15) is 34.8 Å². The Balaban J connectivity index is 0.000000512. The van der Waals surface area contributed by atoms with E-state index in [1.165, 1.54) is 12.1 Å². The fourth-order valence-corrected chi connectivity index (χ4v) is 5.38. The Morgan fingerprint density at radius 1 is 0.839 bits per heavy atom. The molecule has 0 aliphatic carbocycles. The number of hydrogen-bond donors (Lipinski definition) is 0. The van der Waals surface area contributed by atoms with Gasteiger partial charge >= 0.3 is 42.3 Å². The van der Waals surface area contributed by atoms with Crippen LogP contribution in [-0.4, -0.2) is 32.4 Å². The van der Waals surface area contributed by atoms with Gasteiger partial charge in [0.05, 0.1) is 0 Å². The highest BCUT2D eigenvalue weighted by Crippen LogP contribution is 2.26. The van der Waals surface area contributed by atoms with E-state index in [1.807, 2.05) is 32.0 Å². The van der Waals surface area contributed by atoms with Gasteiger partial charge in [-0.3, -0.25) is 0 Å². The van der Waals surface area contributed by atoms with Crippen LogP contribution >= 0.6 is 0 Å². The highest BCUT2D eigenvalue weighted by molar-refractivity contribution is 7.88. The summed E-state index contributed by atoms with van der Waals surface area (Å²) in [6.45, 7) is 3.85. The van der Waals surface area contributed by atoms with Crippen LogP contribution in [0.3, 0.4) is 0 Å². The standard InChI is InChI=1S/C15H13F3IO3S.CHF3O3S/c1-10-7-11(2)9-12(8-10)19-13-5-3-4-6-14(13)22-23(20,21)15(16,17)18;2-1(3,4)8(5,6)7/h3-9H,1-2H3;(H,5,6,7)/q+1;/p-1. The minimum Gasteiger partial charge on any atom is -0.741 e. The van der Waals surface area contributed by atoms with E-state index in [4.69, 9.17) is 13.0 Å². The predicted molar refractivity (Wildman–Crippen MR) is 91.1 cm³/mol. The molecule has 0 radical (unpaired) electrons. The SMILES string of the molecule is Cc1cc(C)cc([I+]c2ccccc2OS(=O)(=O)C(F)(F)F)c1.O=S(=O)([O-])C(F)(F)F. The van der Waals surface area contributed by atoms with Gasteiger partial charge in [-0.1, -0.05) is 18.2 Å². The van der Waals surface area contributed by atoms with Crippen molar-refractivity contribution in [3.05, 3.63) is 60.7 Å². The lowest BCUT2D eigenvalue weighted by Gasteiger charge is -2.08. The zero-order chi connectivity index (χ0) is 24.3. The van der Waals surface area contributed by atoms with Crippen LogP contribution in [0, 0.1) is 21.0 Å². The van der Waals surface area contributed by atoms with Crippen LogP contribution in [0.5, 0.6) is 5.75 Å². The molecule has 2 rings (SSSR count). The first-order chi connectivity index (χ1) is 13.8. The van der Waals surface area contributed by atoms with Crippen LogP contribution in [0.25, 0.3) is 0 Å². The highest BCUT2D eigenvalue weighted by Gasteiger charge is 2.49. The highest BCUT2D eigenvalue weighted by atomic mass is 127. The van der Waals surface area contributed by atoms with Crippen LogP contribution < -0.4 is 25.4 Å². The molecule has 2 aromatic carbocycles. The maximum Gasteiger partial charge on any atom is 0.534 e. The van der Waals surface area contributed by atoms with Gasteiger partial charge in [0.1, 0.15) is 0 Å². The molecule has 0 spiro atoms. The van der Waals surface area contributed by atoms with Crippen molar-refractivity contribution in [1.29, 1.82) is 0 Å². The molecule has 0 amide bonds. The molecule has 0 unspecified atom stereocenters. The lowest BCUT2D eigenvalue weighted by molar-refractivity contribution is -0.598. The topological polar surface area (TPSA) is 101 Å². The molecule has 0 N–H and O–H groups in total. The Hall–Kier alpha value is -1.59. The normalized spacial score (nSPS) is 12.7. The van der Waals surface area contributed by atoms with Crippen LogP contribution in [-0.2, 0) is 20.2 Å². The number of alkyl halides is 6. The molecule has 0 atom stereocenters. The first-order valence-corrected chi connectivity index (χ1v) is 12.7. The van der Waals surface area contributed by atoms with Crippen LogP contribution in [0.15, 0.2) is 42.5 Å². The van der Waals surface area contributed by atoms with Gasteiger partial charge in [0.15, 0.2) is 19.4 Å². The van der Waals surface area contributed by atoms with Crippen molar-refractivity contribution in [3.63, 3.8) is 0 Å². The molecule has 0 bridgehead atoms. The van der Waals surface area contributed by atoms with Gasteiger partial charge in [0.2, 0.25) is 3.57 Å². The fraction of sp³-hybridized carbons (Fsp3) is 0.250. The first-order valence-electron chi connectivity index (χ1n) is 7.68. The van der Waals surface area contributed by atoms with E-state index < -0.39 is 52.5 Å². The summed E-state index contributed by atoms with van der Waals surface area (Å²) < 4.78 is 124. The summed E-state index contributed by atoms with van der Waals surface area (Å²) in [4.78, 5) is 0. The monoisotopic (exact) mass is 606 g/mol. The second-order valence-electron chi connectivity index (χ2n) is 5.71. The Morgan fingerprint density at radius 2 is 1.29 bits per heavy atom. The Labute approximate surface area is 184 Å². The number of aryl methyl sites for hydroxylation is 2. The molecule has 0 saturated heterocycles. The molecule has 2 aromatic rings. The van der Waals surface area contributed by atoms with Gasteiger partial charge in [-0.15, -0.1) is 0 Å². The Kier molecular flexibility index (Phi) is 8.77. The van der Waals surface area contributed by atoms with Crippen LogP contribution in [0.2, 0.25) is 0 Å². The van der Waals surface area contributed by atoms with E-state index >= 15 is 0 Å². The molecular weight excluding hydrogens is 593 g/mol. The summed E-state index contributed by atoms with van der Waals surface area (Å²) in [7, 11) is -11.8.